The van der Waals surface area contributed by atoms with Gasteiger partial charge in [0.25, 0.3) is 0 Å². The lowest BCUT2D eigenvalue weighted by molar-refractivity contribution is -0.128. The monoisotopic (exact) mass is 384 g/mol. The van der Waals surface area contributed by atoms with Crippen LogP contribution in [-0.4, -0.2) is 20.2 Å². The highest BCUT2D eigenvalue weighted by molar-refractivity contribution is 5.99. The van der Waals surface area contributed by atoms with E-state index in [-0.39, 0.29) is 0 Å². The molecule has 4 heteroatoms. The molecule has 144 valence electrons. The van der Waals surface area contributed by atoms with E-state index in [4.69, 9.17) is 14.2 Å². The van der Waals surface area contributed by atoms with E-state index in [2.05, 4.69) is 24.3 Å². The molecule has 0 aliphatic rings. The summed E-state index contributed by atoms with van der Waals surface area (Å²) in [5, 5.41) is 4.45. The van der Waals surface area contributed by atoms with Crippen LogP contribution in [0.1, 0.15) is 5.56 Å². The highest BCUT2D eigenvalue weighted by atomic mass is 16.5. The molecule has 0 N–H and O–H groups in total. The number of rotatable bonds is 5. The summed E-state index contributed by atoms with van der Waals surface area (Å²) in [6.07, 6.45) is 3.03. The molecule has 4 aromatic rings. The molecule has 0 aromatic heterocycles. The molecule has 0 atom stereocenters. The summed E-state index contributed by atoms with van der Waals surface area (Å²) in [6, 6.07) is 23.4. The Morgan fingerprint density at radius 2 is 1.41 bits per heavy atom. The summed E-state index contributed by atoms with van der Waals surface area (Å²) >= 11 is 0. The van der Waals surface area contributed by atoms with Gasteiger partial charge in [-0.3, -0.25) is 0 Å². The van der Waals surface area contributed by atoms with E-state index in [0.717, 1.165) is 21.7 Å². The molecule has 0 heterocycles. The van der Waals surface area contributed by atoms with Gasteiger partial charge in [-0.05, 0) is 70.1 Å². The third kappa shape index (κ3) is 4.06. The molecule has 4 nitrogen and oxygen atoms in total. The zero-order valence-electron chi connectivity index (χ0n) is 16.2. The van der Waals surface area contributed by atoms with Crippen LogP contribution < -0.4 is 14.2 Å². The number of hydrogen-bond donors (Lipinski definition) is 0. The number of ether oxygens (including phenoxy) is 3. The van der Waals surface area contributed by atoms with Crippen LogP contribution in [0.4, 0.5) is 0 Å². The number of carbonyl (C=O) groups is 1. The zero-order chi connectivity index (χ0) is 20.2. The largest absolute Gasteiger partial charge is 0.497 e. The molecule has 0 spiro atoms. The Labute approximate surface area is 168 Å². The van der Waals surface area contributed by atoms with E-state index >= 15 is 0 Å². The molecule has 0 amide bonds. The average Bonchev–Trinajstić information content (AvgIpc) is 2.76. The topological polar surface area (TPSA) is 44.8 Å². The first-order chi connectivity index (χ1) is 14.2. The van der Waals surface area contributed by atoms with Gasteiger partial charge in [-0.1, -0.05) is 30.3 Å². The summed E-state index contributed by atoms with van der Waals surface area (Å²) in [5.74, 6) is 1.36. The van der Waals surface area contributed by atoms with Crippen LogP contribution in [0.25, 0.3) is 27.6 Å². The molecule has 29 heavy (non-hydrogen) atoms. The summed E-state index contributed by atoms with van der Waals surface area (Å²) < 4.78 is 16.0. The van der Waals surface area contributed by atoms with Crippen molar-refractivity contribution in [2.75, 3.05) is 14.2 Å². The van der Waals surface area contributed by atoms with Gasteiger partial charge >= 0.3 is 5.97 Å². The second-order valence-corrected chi connectivity index (χ2v) is 6.57. The first-order valence-corrected chi connectivity index (χ1v) is 9.21. The summed E-state index contributed by atoms with van der Waals surface area (Å²) in [4.78, 5) is 12.3. The van der Waals surface area contributed by atoms with Crippen LogP contribution in [0.5, 0.6) is 17.2 Å². The predicted octanol–water partition coefficient (Wildman–Crippen LogP) is 5.63. The lowest BCUT2D eigenvalue weighted by Crippen LogP contribution is -2.03. The Morgan fingerprint density at radius 3 is 2.14 bits per heavy atom. The molecule has 0 aliphatic carbocycles. The average molecular weight is 384 g/mol. The fourth-order valence-corrected chi connectivity index (χ4v) is 3.26. The van der Waals surface area contributed by atoms with Crippen molar-refractivity contribution in [2.45, 2.75) is 0 Å². The number of carbonyl (C=O) groups excluding carboxylic acids is 1. The molecule has 4 aromatic carbocycles. The minimum Gasteiger partial charge on any atom is -0.497 e. The highest BCUT2D eigenvalue weighted by Crippen LogP contribution is 2.27. The van der Waals surface area contributed by atoms with E-state index in [0.29, 0.717) is 17.2 Å². The van der Waals surface area contributed by atoms with Crippen molar-refractivity contribution in [3.05, 3.63) is 84.4 Å². The van der Waals surface area contributed by atoms with Gasteiger partial charge in [0.15, 0.2) is 0 Å². The first-order valence-electron chi connectivity index (χ1n) is 9.21. The van der Waals surface area contributed by atoms with Crippen molar-refractivity contribution in [3.8, 4) is 17.2 Å². The summed E-state index contributed by atoms with van der Waals surface area (Å²) in [7, 11) is 3.17. The SMILES string of the molecule is COc1ccc(OC)c(/C=C/C(=O)Oc2ccc3cc4ccccc4cc3c2)c1. The fraction of sp³-hybridized carbons (Fsp3) is 0.0800. The van der Waals surface area contributed by atoms with Crippen LogP contribution in [0.2, 0.25) is 0 Å². The normalized spacial score (nSPS) is 11.1. The molecule has 0 bridgehead atoms. The Bertz CT molecular complexity index is 1220. The van der Waals surface area contributed by atoms with Crippen LogP contribution in [0.15, 0.2) is 78.9 Å². The maximum atomic E-state index is 12.3. The van der Waals surface area contributed by atoms with Crippen molar-refractivity contribution in [3.63, 3.8) is 0 Å². The van der Waals surface area contributed by atoms with Crippen LogP contribution in [0, 0.1) is 0 Å². The molecule has 0 aliphatic heterocycles. The molecule has 0 unspecified atom stereocenters. The van der Waals surface area contributed by atoms with Gasteiger partial charge in [-0.15, -0.1) is 0 Å². The van der Waals surface area contributed by atoms with Gasteiger partial charge in [-0.2, -0.15) is 0 Å². The van der Waals surface area contributed by atoms with E-state index in [9.17, 15) is 4.79 Å². The molecule has 4 rings (SSSR count). The first kappa shape index (κ1) is 18.6. The standard InChI is InChI=1S/C25H20O4/c1-27-22-10-11-24(28-2)20(15-22)8-12-25(26)29-23-9-7-19-13-17-5-3-4-6-18(17)14-21(19)16-23/h3-16H,1-2H3/b12-8+. The second-order valence-electron chi connectivity index (χ2n) is 6.57. The van der Waals surface area contributed by atoms with Crippen molar-refractivity contribution in [1.82, 2.24) is 0 Å². The third-order valence-electron chi connectivity index (χ3n) is 4.73. The van der Waals surface area contributed by atoms with Gasteiger partial charge in [-0.25, -0.2) is 4.79 Å². The van der Waals surface area contributed by atoms with Gasteiger partial charge in [0.2, 0.25) is 0 Å². The Morgan fingerprint density at radius 1 is 0.724 bits per heavy atom. The van der Waals surface area contributed by atoms with Crippen molar-refractivity contribution in [1.29, 1.82) is 0 Å². The Balaban J connectivity index is 1.56. The summed E-state index contributed by atoms with van der Waals surface area (Å²) in [6.45, 7) is 0. The predicted molar refractivity (Wildman–Crippen MR) is 116 cm³/mol. The fourth-order valence-electron chi connectivity index (χ4n) is 3.26. The number of hydrogen-bond acceptors (Lipinski definition) is 4. The third-order valence-corrected chi connectivity index (χ3v) is 4.73. The molecular weight excluding hydrogens is 364 g/mol. The van der Waals surface area contributed by atoms with Gasteiger partial charge in [0.05, 0.1) is 14.2 Å². The Hall–Kier alpha value is -3.79. The van der Waals surface area contributed by atoms with Crippen LogP contribution in [0.3, 0.4) is 0 Å². The molecule has 0 radical (unpaired) electrons. The van der Waals surface area contributed by atoms with E-state index in [1.165, 1.54) is 11.5 Å². The highest BCUT2D eigenvalue weighted by Gasteiger charge is 2.06. The van der Waals surface area contributed by atoms with Gasteiger partial charge in [0, 0.05) is 11.6 Å². The number of benzene rings is 4. The lowest BCUT2D eigenvalue weighted by Gasteiger charge is -2.07. The van der Waals surface area contributed by atoms with E-state index in [1.54, 1.807) is 44.6 Å². The lowest BCUT2D eigenvalue weighted by atomic mass is 10.0. The quantitative estimate of drug-likeness (QED) is 0.194. The molecule has 0 saturated heterocycles. The number of fused-ring (bicyclic) bond motifs is 2. The molecule has 0 saturated carbocycles. The number of esters is 1. The number of methoxy groups -OCH3 is 2. The van der Waals surface area contributed by atoms with Crippen LogP contribution >= 0.6 is 0 Å². The van der Waals surface area contributed by atoms with Crippen molar-refractivity contribution in [2.24, 2.45) is 0 Å². The molecular formula is C25H20O4. The van der Waals surface area contributed by atoms with Crippen molar-refractivity contribution >= 4 is 33.6 Å². The van der Waals surface area contributed by atoms with Gasteiger partial charge < -0.3 is 14.2 Å². The zero-order valence-corrected chi connectivity index (χ0v) is 16.2. The maximum absolute atomic E-state index is 12.3. The molecule has 0 fully saturated rings. The van der Waals surface area contributed by atoms with E-state index in [1.807, 2.05) is 24.3 Å². The minimum atomic E-state index is -0.463. The Kier molecular flexibility index (Phi) is 5.16. The van der Waals surface area contributed by atoms with Crippen LogP contribution in [-0.2, 0) is 4.79 Å². The van der Waals surface area contributed by atoms with E-state index < -0.39 is 5.97 Å². The maximum Gasteiger partial charge on any atom is 0.336 e. The smallest absolute Gasteiger partial charge is 0.336 e. The minimum absolute atomic E-state index is 0.463. The summed E-state index contributed by atoms with van der Waals surface area (Å²) in [5.41, 5.74) is 0.730. The second kappa shape index (κ2) is 8.07. The van der Waals surface area contributed by atoms with Gasteiger partial charge in [0.1, 0.15) is 17.2 Å². The van der Waals surface area contributed by atoms with Crippen molar-refractivity contribution < 1.29 is 19.0 Å².